The lowest BCUT2D eigenvalue weighted by Crippen LogP contribution is -2.32. The third-order valence-electron chi connectivity index (χ3n) is 4.87. The number of hydrogen-bond donors (Lipinski definition) is 0. The van der Waals surface area contributed by atoms with Gasteiger partial charge in [0.1, 0.15) is 6.10 Å². The summed E-state index contributed by atoms with van der Waals surface area (Å²) in [4.78, 5) is 32.0. The number of likely N-dealkylation sites (tertiary alicyclic amines) is 1. The van der Waals surface area contributed by atoms with Gasteiger partial charge in [-0.05, 0) is 34.1 Å². The van der Waals surface area contributed by atoms with E-state index in [-0.39, 0.29) is 17.8 Å². The van der Waals surface area contributed by atoms with Crippen LogP contribution in [-0.2, 0) is 0 Å². The summed E-state index contributed by atoms with van der Waals surface area (Å²) in [5.41, 5.74) is 1.40. The van der Waals surface area contributed by atoms with Crippen molar-refractivity contribution < 1.29 is 14.3 Å². The highest BCUT2D eigenvalue weighted by molar-refractivity contribution is 9.10. The number of benzene rings is 2. The SMILES string of the molecule is O=C(c1ccccc1)c1ccccc1C(=O)N1CCC(Oc2ncccc2Br)C1. The van der Waals surface area contributed by atoms with E-state index in [0.717, 1.165) is 4.47 Å². The van der Waals surface area contributed by atoms with Crippen LogP contribution >= 0.6 is 15.9 Å². The zero-order valence-electron chi connectivity index (χ0n) is 15.6. The molecule has 0 radical (unpaired) electrons. The van der Waals surface area contributed by atoms with E-state index >= 15 is 0 Å². The molecule has 1 aliphatic heterocycles. The van der Waals surface area contributed by atoms with Gasteiger partial charge in [0.25, 0.3) is 5.91 Å². The third kappa shape index (κ3) is 4.22. The molecule has 1 saturated heterocycles. The quantitative estimate of drug-likeness (QED) is 0.541. The predicted molar refractivity (Wildman–Crippen MR) is 113 cm³/mol. The number of carbonyl (C=O) groups excluding carboxylic acids is 2. The molecule has 0 aliphatic carbocycles. The second-order valence-corrected chi connectivity index (χ2v) is 7.67. The Hall–Kier alpha value is -2.99. The first-order valence-corrected chi connectivity index (χ1v) is 10.2. The summed E-state index contributed by atoms with van der Waals surface area (Å²) in [5, 5.41) is 0. The lowest BCUT2D eigenvalue weighted by molar-refractivity contribution is 0.0766. The topological polar surface area (TPSA) is 59.5 Å². The van der Waals surface area contributed by atoms with E-state index in [1.165, 1.54) is 0 Å². The number of hydrogen-bond acceptors (Lipinski definition) is 4. The van der Waals surface area contributed by atoms with E-state index in [1.54, 1.807) is 47.5 Å². The highest BCUT2D eigenvalue weighted by Gasteiger charge is 2.30. The number of nitrogens with zero attached hydrogens (tertiary/aromatic N) is 2. The van der Waals surface area contributed by atoms with E-state index < -0.39 is 0 Å². The molecule has 1 amide bonds. The highest BCUT2D eigenvalue weighted by Crippen LogP contribution is 2.26. The maximum Gasteiger partial charge on any atom is 0.254 e. The fourth-order valence-electron chi connectivity index (χ4n) is 3.41. The molecule has 6 heteroatoms. The number of amides is 1. The summed E-state index contributed by atoms with van der Waals surface area (Å²) in [5.74, 6) is 0.210. The Morgan fingerprint density at radius 1 is 0.966 bits per heavy atom. The van der Waals surface area contributed by atoms with E-state index in [9.17, 15) is 9.59 Å². The molecule has 5 nitrogen and oxygen atoms in total. The number of rotatable bonds is 5. The molecule has 2 heterocycles. The van der Waals surface area contributed by atoms with Crippen LogP contribution in [0.1, 0.15) is 32.7 Å². The predicted octanol–water partition coefficient (Wildman–Crippen LogP) is 4.37. The summed E-state index contributed by atoms with van der Waals surface area (Å²) >= 11 is 3.43. The van der Waals surface area contributed by atoms with E-state index in [0.29, 0.717) is 42.1 Å². The van der Waals surface area contributed by atoms with Gasteiger partial charge in [-0.2, -0.15) is 0 Å². The van der Waals surface area contributed by atoms with Gasteiger partial charge in [-0.1, -0.05) is 48.5 Å². The van der Waals surface area contributed by atoms with Crippen LogP contribution < -0.4 is 4.74 Å². The average molecular weight is 451 g/mol. The van der Waals surface area contributed by atoms with Crippen molar-refractivity contribution in [3.8, 4) is 5.88 Å². The molecular formula is C23H19BrN2O3. The fourth-order valence-corrected chi connectivity index (χ4v) is 3.76. The first-order chi connectivity index (χ1) is 14.1. The Morgan fingerprint density at radius 3 is 2.45 bits per heavy atom. The molecule has 1 unspecified atom stereocenters. The maximum absolute atomic E-state index is 13.2. The Bertz CT molecular complexity index is 1040. The minimum Gasteiger partial charge on any atom is -0.472 e. The van der Waals surface area contributed by atoms with Crippen molar-refractivity contribution >= 4 is 27.6 Å². The minimum absolute atomic E-state index is 0.137. The lowest BCUT2D eigenvalue weighted by Gasteiger charge is -2.19. The Kier molecular flexibility index (Phi) is 5.71. The van der Waals surface area contributed by atoms with Gasteiger partial charge in [0, 0.05) is 30.3 Å². The van der Waals surface area contributed by atoms with Gasteiger partial charge in [-0.3, -0.25) is 9.59 Å². The van der Waals surface area contributed by atoms with Gasteiger partial charge in [0.05, 0.1) is 16.6 Å². The monoisotopic (exact) mass is 450 g/mol. The molecule has 1 aliphatic rings. The van der Waals surface area contributed by atoms with Gasteiger partial charge >= 0.3 is 0 Å². The van der Waals surface area contributed by atoms with Crippen LogP contribution in [0.5, 0.6) is 5.88 Å². The standard InChI is InChI=1S/C23H19BrN2O3/c24-20-11-6-13-25-22(20)29-17-12-14-26(15-17)23(28)19-10-5-4-9-18(19)21(27)16-7-2-1-3-8-16/h1-11,13,17H,12,14-15H2. The molecule has 1 atom stereocenters. The molecule has 1 fully saturated rings. The lowest BCUT2D eigenvalue weighted by atomic mass is 9.97. The van der Waals surface area contributed by atoms with Crippen LogP contribution in [0.25, 0.3) is 0 Å². The largest absolute Gasteiger partial charge is 0.472 e. The molecule has 4 rings (SSSR count). The fraction of sp³-hybridized carbons (Fsp3) is 0.174. The van der Waals surface area contributed by atoms with Crippen LogP contribution in [0.15, 0.2) is 77.4 Å². The van der Waals surface area contributed by atoms with Gasteiger partial charge in [0.2, 0.25) is 5.88 Å². The minimum atomic E-state index is -0.156. The van der Waals surface area contributed by atoms with Crippen LogP contribution in [0.2, 0.25) is 0 Å². The van der Waals surface area contributed by atoms with Gasteiger partial charge in [0.15, 0.2) is 5.78 Å². The zero-order chi connectivity index (χ0) is 20.2. The number of halogens is 1. The second kappa shape index (κ2) is 8.57. The molecule has 146 valence electrons. The van der Waals surface area contributed by atoms with Crippen LogP contribution in [0.3, 0.4) is 0 Å². The van der Waals surface area contributed by atoms with Crippen molar-refractivity contribution in [1.82, 2.24) is 9.88 Å². The molecule has 0 spiro atoms. The highest BCUT2D eigenvalue weighted by atomic mass is 79.9. The van der Waals surface area contributed by atoms with E-state index in [1.807, 2.05) is 30.3 Å². The molecule has 0 bridgehead atoms. The number of aromatic nitrogens is 1. The summed E-state index contributed by atoms with van der Waals surface area (Å²) in [6, 6.07) is 19.7. The number of carbonyl (C=O) groups is 2. The van der Waals surface area contributed by atoms with Crippen LogP contribution in [0.4, 0.5) is 0 Å². The Labute approximate surface area is 177 Å². The first kappa shape index (κ1) is 19.3. The summed E-state index contributed by atoms with van der Waals surface area (Å²) in [7, 11) is 0. The van der Waals surface area contributed by atoms with Crippen molar-refractivity contribution in [2.45, 2.75) is 12.5 Å². The first-order valence-electron chi connectivity index (χ1n) is 9.38. The molecule has 29 heavy (non-hydrogen) atoms. The number of pyridine rings is 1. The van der Waals surface area contributed by atoms with Gasteiger partial charge in [-0.15, -0.1) is 0 Å². The normalized spacial score (nSPS) is 15.9. The van der Waals surface area contributed by atoms with Gasteiger partial charge < -0.3 is 9.64 Å². The zero-order valence-corrected chi connectivity index (χ0v) is 17.2. The smallest absolute Gasteiger partial charge is 0.254 e. The molecule has 3 aromatic rings. The van der Waals surface area contributed by atoms with Crippen LogP contribution in [0, 0.1) is 0 Å². The van der Waals surface area contributed by atoms with Crippen molar-refractivity contribution in [1.29, 1.82) is 0 Å². The van der Waals surface area contributed by atoms with Crippen molar-refractivity contribution in [2.24, 2.45) is 0 Å². The summed E-state index contributed by atoms with van der Waals surface area (Å²) in [6.07, 6.45) is 2.24. The van der Waals surface area contributed by atoms with E-state index in [2.05, 4.69) is 20.9 Å². The molecule has 0 saturated carbocycles. The van der Waals surface area contributed by atoms with Crippen molar-refractivity contribution in [3.05, 3.63) is 94.1 Å². The Balaban J connectivity index is 1.51. The summed E-state index contributed by atoms with van der Waals surface area (Å²) in [6.45, 7) is 1.03. The second-order valence-electron chi connectivity index (χ2n) is 6.81. The molecule has 1 aromatic heterocycles. The average Bonchev–Trinajstić information content (AvgIpc) is 3.23. The molecular weight excluding hydrogens is 432 g/mol. The van der Waals surface area contributed by atoms with E-state index in [4.69, 9.17) is 4.74 Å². The number of ether oxygens (including phenoxy) is 1. The third-order valence-corrected chi connectivity index (χ3v) is 5.48. The van der Waals surface area contributed by atoms with Crippen molar-refractivity contribution in [3.63, 3.8) is 0 Å². The van der Waals surface area contributed by atoms with Gasteiger partial charge in [-0.25, -0.2) is 4.98 Å². The number of ketones is 1. The molecule has 2 aromatic carbocycles. The summed E-state index contributed by atoms with van der Waals surface area (Å²) < 4.78 is 6.73. The Morgan fingerprint density at radius 2 is 1.69 bits per heavy atom. The van der Waals surface area contributed by atoms with Crippen LogP contribution in [-0.4, -0.2) is 40.8 Å². The maximum atomic E-state index is 13.2. The molecule has 0 N–H and O–H groups in total. The van der Waals surface area contributed by atoms with Crippen molar-refractivity contribution in [2.75, 3.05) is 13.1 Å².